The summed E-state index contributed by atoms with van der Waals surface area (Å²) >= 11 is 6.45. The SMILES string of the molecule is COc1cc(C(=O)N2CCN(c3ccccc3C)CC2)cc(Cl)c1OCCC(C)C. The lowest BCUT2D eigenvalue weighted by Crippen LogP contribution is -2.49. The molecule has 0 N–H and O–H groups in total. The molecule has 2 aromatic carbocycles. The van der Waals surface area contributed by atoms with Crippen LogP contribution >= 0.6 is 11.6 Å². The second kappa shape index (κ2) is 10.1. The quantitative estimate of drug-likeness (QED) is 0.616. The van der Waals surface area contributed by atoms with Crippen LogP contribution in [0.4, 0.5) is 5.69 Å². The number of benzene rings is 2. The summed E-state index contributed by atoms with van der Waals surface area (Å²) in [6, 6.07) is 11.8. The van der Waals surface area contributed by atoms with Gasteiger partial charge in [0.25, 0.3) is 5.91 Å². The summed E-state index contributed by atoms with van der Waals surface area (Å²) in [7, 11) is 1.57. The molecule has 162 valence electrons. The average molecular weight is 431 g/mol. The van der Waals surface area contributed by atoms with Gasteiger partial charge in [-0.15, -0.1) is 0 Å². The van der Waals surface area contributed by atoms with E-state index < -0.39 is 0 Å². The maximum absolute atomic E-state index is 13.1. The fourth-order valence-corrected chi connectivity index (χ4v) is 3.90. The largest absolute Gasteiger partial charge is 0.493 e. The molecular weight excluding hydrogens is 400 g/mol. The van der Waals surface area contributed by atoms with Crippen molar-refractivity contribution in [1.29, 1.82) is 0 Å². The number of carbonyl (C=O) groups excluding carboxylic acids is 1. The van der Waals surface area contributed by atoms with Gasteiger partial charge in [0.1, 0.15) is 0 Å². The molecule has 1 amide bonds. The van der Waals surface area contributed by atoms with E-state index in [1.165, 1.54) is 11.3 Å². The third-order valence-corrected chi connectivity index (χ3v) is 5.72. The summed E-state index contributed by atoms with van der Waals surface area (Å²) in [5.41, 5.74) is 3.01. The highest BCUT2D eigenvalue weighted by atomic mass is 35.5. The number of halogens is 1. The maximum Gasteiger partial charge on any atom is 0.254 e. The van der Waals surface area contributed by atoms with Crippen molar-refractivity contribution in [2.24, 2.45) is 5.92 Å². The van der Waals surface area contributed by atoms with E-state index in [1.54, 1.807) is 19.2 Å². The molecule has 0 spiro atoms. The number of methoxy groups -OCH3 is 1. The molecule has 5 nitrogen and oxygen atoms in total. The molecule has 0 saturated carbocycles. The van der Waals surface area contributed by atoms with Crippen LogP contribution in [0.2, 0.25) is 5.02 Å². The van der Waals surface area contributed by atoms with Gasteiger partial charge < -0.3 is 19.3 Å². The highest BCUT2D eigenvalue weighted by molar-refractivity contribution is 6.32. The molecule has 0 bridgehead atoms. The fourth-order valence-electron chi connectivity index (χ4n) is 3.63. The first kappa shape index (κ1) is 22.3. The maximum atomic E-state index is 13.1. The van der Waals surface area contributed by atoms with Crippen molar-refractivity contribution in [2.45, 2.75) is 27.2 Å². The van der Waals surface area contributed by atoms with Gasteiger partial charge in [-0.05, 0) is 43.0 Å². The summed E-state index contributed by atoms with van der Waals surface area (Å²) in [4.78, 5) is 17.3. The van der Waals surface area contributed by atoms with Crippen molar-refractivity contribution in [1.82, 2.24) is 4.90 Å². The minimum Gasteiger partial charge on any atom is -0.493 e. The Hall–Kier alpha value is -2.40. The van der Waals surface area contributed by atoms with Crippen LogP contribution in [0.1, 0.15) is 36.2 Å². The number of piperazine rings is 1. The number of rotatable bonds is 7. The van der Waals surface area contributed by atoms with E-state index in [0.29, 0.717) is 47.7 Å². The van der Waals surface area contributed by atoms with E-state index in [0.717, 1.165) is 19.5 Å². The third-order valence-electron chi connectivity index (χ3n) is 5.44. The standard InChI is InChI=1S/C24H31ClN2O3/c1-17(2)9-14-30-23-20(25)15-19(16-22(23)29-4)24(28)27-12-10-26(11-13-27)21-8-6-5-7-18(21)3/h5-8,15-17H,9-14H2,1-4H3. The zero-order valence-corrected chi connectivity index (χ0v) is 19.0. The smallest absolute Gasteiger partial charge is 0.254 e. The van der Waals surface area contributed by atoms with Crippen LogP contribution in [0.5, 0.6) is 11.5 Å². The molecule has 6 heteroatoms. The van der Waals surface area contributed by atoms with Gasteiger partial charge in [-0.2, -0.15) is 0 Å². The number of hydrogen-bond donors (Lipinski definition) is 0. The number of carbonyl (C=O) groups is 1. The van der Waals surface area contributed by atoms with Gasteiger partial charge in [0.05, 0.1) is 18.7 Å². The zero-order valence-electron chi connectivity index (χ0n) is 18.3. The molecule has 0 radical (unpaired) electrons. The number of nitrogens with zero attached hydrogens (tertiary/aromatic N) is 2. The zero-order chi connectivity index (χ0) is 21.7. The normalized spacial score (nSPS) is 14.2. The van der Waals surface area contributed by atoms with Gasteiger partial charge in [-0.25, -0.2) is 0 Å². The average Bonchev–Trinajstić information content (AvgIpc) is 2.74. The lowest BCUT2D eigenvalue weighted by molar-refractivity contribution is 0.0746. The summed E-state index contributed by atoms with van der Waals surface area (Å²) in [5.74, 6) is 1.50. The van der Waals surface area contributed by atoms with Gasteiger partial charge in [-0.3, -0.25) is 4.79 Å². The van der Waals surface area contributed by atoms with E-state index in [1.807, 2.05) is 11.0 Å². The van der Waals surface area contributed by atoms with Crippen molar-refractivity contribution in [2.75, 3.05) is 44.8 Å². The first-order chi connectivity index (χ1) is 14.4. The number of hydrogen-bond acceptors (Lipinski definition) is 4. The monoisotopic (exact) mass is 430 g/mol. The van der Waals surface area contributed by atoms with Gasteiger partial charge in [0, 0.05) is 37.4 Å². The minimum atomic E-state index is -0.0339. The number of amides is 1. The van der Waals surface area contributed by atoms with Crippen LogP contribution in [0, 0.1) is 12.8 Å². The summed E-state index contributed by atoms with van der Waals surface area (Å²) in [5, 5.41) is 0.403. The van der Waals surface area contributed by atoms with Crippen molar-refractivity contribution < 1.29 is 14.3 Å². The van der Waals surface area contributed by atoms with Crippen LogP contribution in [0.3, 0.4) is 0 Å². The van der Waals surface area contributed by atoms with Crippen LogP contribution in [-0.4, -0.2) is 50.7 Å². The lowest BCUT2D eigenvalue weighted by atomic mass is 10.1. The molecular formula is C24H31ClN2O3. The molecule has 0 aliphatic carbocycles. The molecule has 2 aromatic rings. The number of para-hydroxylation sites is 1. The van der Waals surface area contributed by atoms with E-state index in [4.69, 9.17) is 21.1 Å². The Morgan fingerprint density at radius 2 is 1.83 bits per heavy atom. The second-order valence-corrected chi connectivity index (χ2v) is 8.49. The molecule has 1 aliphatic heterocycles. The highest BCUT2D eigenvalue weighted by Gasteiger charge is 2.25. The molecule has 1 heterocycles. The van der Waals surface area contributed by atoms with E-state index in [9.17, 15) is 4.79 Å². The molecule has 1 fully saturated rings. The van der Waals surface area contributed by atoms with Gasteiger partial charge in [0.15, 0.2) is 11.5 Å². The van der Waals surface area contributed by atoms with Crippen LogP contribution in [0.25, 0.3) is 0 Å². The fraction of sp³-hybridized carbons (Fsp3) is 0.458. The van der Waals surface area contributed by atoms with Crippen molar-refractivity contribution >= 4 is 23.2 Å². The Morgan fingerprint density at radius 3 is 2.47 bits per heavy atom. The van der Waals surface area contributed by atoms with Crippen molar-refractivity contribution in [3.05, 3.63) is 52.5 Å². The Kier molecular flexibility index (Phi) is 7.48. The Balaban J connectivity index is 1.68. The number of ether oxygens (including phenoxy) is 2. The van der Waals surface area contributed by atoms with E-state index in [-0.39, 0.29) is 5.91 Å². The lowest BCUT2D eigenvalue weighted by Gasteiger charge is -2.37. The summed E-state index contributed by atoms with van der Waals surface area (Å²) in [6.45, 7) is 9.90. The minimum absolute atomic E-state index is 0.0339. The molecule has 0 aromatic heterocycles. The van der Waals surface area contributed by atoms with Crippen LogP contribution < -0.4 is 14.4 Å². The topological polar surface area (TPSA) is 42.0 Å². The van der Waals surface area contributed by atoms with Crippen molar-refractivity contribution in [3.63, 3.8) is 0 Å². The van der Waals surface area contributed by atoms with Gasteiger partial charge >= 0.3 is 0 Å². The molecule has 3 rings (SSSR count). The van der Waals surface area contributed by atoms with Gasteiger partial charge in [-0.1, -0.05) is 43.6 Å². The predicted molar refractivity (Wildman–Crippen MR) is 122 cm³/mol. The molecule has 1 saturated heterocycles. The molecule has 0 unspecified atom stereocenters. The molecule has 30 heavy (non-hydrogen) atoms. The second-order valence-electron chi connectivity index (χ2n) is 8.09. The van der Waals surface area contributed by atoms with Gasteiger partial charge in [0.2, 0.25) is 0 Å². The Bertz CT molecular complexity index is 877. The molecule has 0 atom stereocenters. The summed E-state index contributed by atoms with van der Waals surface area (Å²) in [6.07, 6.45) is 0.922. The van der Waals surface area contributed by atoms with Crippen molar-refractivity contribution in [3.8, 4) is 11.5 Å². The van der Waals surface area contributed by atoms with E-state index in [2.05, 4.69) is 43.9 Å². The predicted octanol–water partition coefficient (Wildman–Crippen LogP) is 5.04. The number of anilines is 1. The van der Waals surface area contributed by atoms with E-state index >= 15 is 0 Å². The van der Waals surface area contributed by atoms with Crippen LogP contribution in [0.15, 0.2) is 36.4 Å². The van der Waals surface area contributed by atoms with Crippen LogP contribution in [-0.2, 0) is 0 Å². The number of aryl methyl sites for hydroxylation is 1. The third kappa shape index (κ3) is 5.20. The summed E-state index contributed by atoms with van der Waals surface area (Å²) < 4.78 is 11.3. The first-order valence-electron chi connectivity index (χ1n) is 10.5. The Labute approximate surface area is 184 Å². The Morgan fingerprint density at radius 1 is 1.13 bits per heavy atom. The molecule has 1 aliphatic rings. The first-order valence-corrected chi connectivity index (χ1v) is 10.9. The highest BCUT2D eigenvalue weighted by Crippen LogP contribution is 2.37.